The van der Waals surface area contributed by atoms with Gasteiger partial charge in [0.2, 0.25) is 17.7 Å². The van der Waals surface area contributed by atoms with Crippen LogP contribution in [0.15, 0.2) is 12.3 Å². The summed E-state index contributed by atoms with van der Waals surface area (Å²) in [6.45, 7) is 2.54. The summed E-state index contributed by atoms with van der Waals surface area (Å²) in [4.78, 5) is 25.4. The predicted molar refractivity (Wildman–Crippen MR) is 102 cm³/mol. The van der Waals surface area contributed by atoms with Gasteiger partial charge in [-0.1, -0.05) is 0 Å². The molecule has 4 atom stereocenters. The Kier molecular flexibility index (Phi) is 5.17. The maximum absolute atomic E-state index is 12.6. The van der Waals surface area contributed by atoms with Crippen LogP contribution < -0.4 is 9.64 Å². The molecule has 148 valence electrons. The van der Waals surface area contributed by atoms with Crippen molar-refractivity contribution in [2.75, 3.05) is 56.8 Å². The summed E-state index contributed by atoms with van der Waals surface area (Å²) < 4.78 is 11.6. The number of aliphatic hydroxyl groups is 1. The number of morpholine rings is 1. The van der Waals surface area contributed by atoms with Crippen LogP contribution in [-0.2, 0) is 9.53 Å². The standard InChI is InChI=1S/C18H26N4O4S/c1-25-15-3-5-19-17(20-15)22-8-14-12(9-23)13-7-21(16(24)4-6-27-2)10-18(13,11-22)26-14/h3,5,12-14,23H,4,6-11H2,1-2H3/t12-,13+,14+,18-/m0/s1. The molecule has 0 aromatic carbocycles. The SMILES string of the molecule is COc1ccnc(N2C[C@H]3O[C@@]4(CN(C(=O)CCSC)C[C@@H]4[C@@H]3CO)C2)n1. The lowest BCUT2D eigenvalue weighted by Gasteiger charge is -2.40. The topological polar surface area (TPSA) is 88.0 Å². The Bertz CT molecular complexity index is 708. The first-order valence-corrected chi connectivity index (χ1v) is 10.7. The molecule has 1 aromatic heterocycles. The van der Waals surface area contributed by atoms with Crippen molar-refractivity contribution in [3.63, 3.8) is 0 Å². The van der Waals surface area contributed by atoms with Gasteiger partial charge in [-0.15, -0.1) is 0 Å². The number of methoxy groups -OCH3 is 1. The minimum absolute atomic E-state index is 0.0268. The third kappa shape index (κ3) is 3.25. The molecule has 1 N–H and O–H groups in total. The number of ether oxygens (including phenoxy) is 2. The van der Waals surface area contributed by atoms with E-state index in [1.165, 1.54) is 0 Å². The van der Waals surface area contributed by atoms with Gasteiger partial charge in [0.1, 0.15) is 5.60 Å². The molecule has 0 radical (unpaired) electrons. The van der Waals surface area contributed by atoms with Gasteiger partial charge >= 0.3 is 0 Å². The Morgan fingerprint density at radius 3 is 3.07 bits per heavy atom. The lowest BCUT2D eigenvalue weighted by molar-refractivity contribution is -0.132. The zero-order valence-electron chi connectivity index (χ0n) is 15.7. The highest BCUT2D eigenvalue weighted by molar-refractivity contribution is 7.98. The van der Waals surface area contributed by atoms with E-state index in [1.54, 1.807) is 31.1 Å². The van der Waals surface area contributed by atoms with Crippen molar-refractivity contribution in [3.8, 4) is 5.88 Å². The summed E-state index contributed by atoms with van der Waals surface area (Å²) in [6, 6.07) is 1.72. The fraction of sp³-hybridized carbons (Fsp3) is 0.722. The van der Waals surface area contributed by atoms with Gasteiger partial charge in [-0.3, -0.25) is 4.79 Å². The number of anilines is 1. The highest BCUT2D eigenvalue weighted by Gasteiger charge is 2.63. The smallest absolute Gasteiger partial charge is 0.228 e. The molecule has 9 heteroatoms. The van der Waals surface area contributed by atoms with E-state index in [-0.39, 0.29) is 30.5 Å². The number of aliphatic hydroxyl groups excluding tert-OH is 1. The Labute approximate surface area is 163 Å². The molecule has 1 aromatic rings. The maximum Gasteiger partial charge on any atom is 0.228 e. The van der Waals surface area contributed by atoms with Gasteiger partial charge in [-0.25, -0.2) is 4.98 Å². The maximum atomic E-state index is 12.6. The molecule has 1 amide bonds. The summed E-state index contributed by atoms with van der Waals surface area (Å²) >= 11 is 1.68. The Hall–Kier alpha value is -1.58. The zero-order valence-corrected chi connectivity index (χ0v) is 16.5. The van der Waals surface area contributed by atoms with Crippen LogP contribution in [0.2, 0.25) is 0 Å². The van der Waals surface area contributed by atoms with Crippen molar-refractivity contribution in [2.45, 2.75) is 18.1 Å². The lowest BCUT2D eigenvalue weighted by atomic mass is 9.83. The Balaban J connectivity index is 1.57. The molecular formula is C18H26N4O4S. The van der Waals surface area contributed by atoms with Crippen LogP contribution in [0.4, 0.5) is 5.95 Å². The van der Waals surface area contributed by atoms with E-state index in [0.717, 1.165) is 5.75 Å². The number of hydrogen-bond donors (Lipinski definition) is 1. The minimum atomic E-state index is -0.461. The van der Waals surface area contributed by atoms with Gasteiger partial charge in [0.05, 0.1) is 26.3 Å². The highest BCUT2D eigenvalue weighted by Crippen LogP contribution is 2.49. The van der Waals surface area contributed by atoms with E-state index in [0.29, 0.717) is 44.4 Å². The van der Waals surface area contributed by atoms with Crippen molar-refractivity contribution in [1.82, 2.24) is 14.9 Å². The molecule has 27 heavy (non-hydrogen) atoms. The third-order valence-electron chi connectivity index (χ3n) is 5.98. The molecule has 3 aliphatic heterocycles. The average Bonchev–Trinajstić information content (AvgIpc) is 3.13. The number of carbonyl (C=O) groups excluding carboxylic acids is 1. The molecule has 4 rings (SSSR count). The second-order valence-corrected chi connectivity index (χ2v) is 8.46. The third-order valence-corrected chi connectivity index (χ3v) is 6.60. The Morgan fingerprint density at radius 2 is 2.33 bits per heavy atom. The van der Waals surface area contributed by atoms with E-state index >= 15 is 0 Å². The van der Waals surface area contributed by atoms with E-state index in [1.807, 2.05) is 11.2 Å². The summed E-state index contributed by atoms with van der Waals surface area (Å²) in [7, 11) is 1.58. The molecule has 0 aliphatic carbocycles. The van der Waals surface area contributed by atoms with Crippen molar-refractivity contribution >= 4 is 23.6 Å². The average molecular weight is 394 g/mol. The number of hydrogen-bond acceptors (Lipinski definition) is 8. The van der Waals surface area contributed by atoms with Crippen LogP contribution in [0.25, 0.3) is 0 Å². The van der Waals surface area contributed by atoms with Gasteiger partial charge in [0.25, 0.3) is 0 Å². The molecule has 0 unspecified atom stereocenters. The molecule has 3 fully saturated rings. The van der Waals surface area contributed by atoms with Crippen LogP contribution in [0.1, 0.15) is 6.42 Å². The zero-order chi connectivity index (χ0) is 19.0. The monoisotopic (exact) mass is 394 g/mol. The van der Waals surface area contributed by atoms with Crippen molar-refractivity contribution < 1.29 is 19.4 Å². The number of amides is 1. The number of aromatic nitrogens is 2. The fourth-order valence-corrected chi connectivity index (χ4v) is 5.10. The largest absolute Gasteiger partial charge is 0.481 e. The molecule has 8 nitrogen and oxygen atoms in total. The van der Waals surface area contributed by atoms with Crippen LogP contribution in [0.3, 0.4) is 0 Å². The number of carbonyl (C=O) groups is 1. The fourth-order valence-electron chi connectivity index (χ4n) is 4.72. The van der Waals surface area contributed by atoms with E-state index in [2.05, 4.69) is 14.9 Å². The van der Waals surface area contributed by atoms with Gasteiger partial charge in [-0.05, 0) is 6.26 Å². The van der Waals surface area contributed by atoms with Gasteiger partial charge in [-0.2, -0.15) is 16.7 Å². The minimum Gasteiger partial charge on any atom is -0.481 e. The second kappa shape index (κ2) is 7.44. The quantitative estimate of drug-likeness (QED) is 0.735. The predicted octanol–water partition coefficient (Wildman–Crippen LogP) is 0.263. The highest BCUT2D eigenvalue weighted by atomic mass is 32.2. The normalized spacial score (nSPS) is 31.9. The van der Waals surface area contributed by atoms with Crippen molar-refractivity contribution in [2.24, 2.45) is 11.8 Å². The van der Waals surface area contributed by atoms with Crippen LogP contribution >= 0.6 is 11.8 Å². The summed E-state index contributed by atoms with van der Waals surface area (Å²) in [6.07, 6.45) is 4.16. The molecule has 2 bridgehead atoms. The number of nitrogens with zero attached hydrogens (tertiary/aromatic N) is 4. The second-order valence-electron chi connectivity index (χ2n) is 7.47. The molecule has 3 saturated heterocycles. The molecule has 4 heterocycles. The van der Waals surface area contributed by atoms with E-state index < -0.39 is 5.60 Å². The molecule has 3 aliphatic rings. The van der Waals surface area contributed by atoms with Crippen LogP contribution in [0, 0.1) is 11.8 Å². The summed E-state index contributed by atoms with van der Waals surface area (Å²) in [5.74, 6) is 2.28. The van der Waals surface area contributed by atoms with Crippen LogP contribution in [0.5, 0.6) is 5.88 Å². The van der Waals surface area contributed by atoms with E-state index in [4.69, 9.17) is 9.47 Å². The number of thioether (sulfide) groups is 1. The summed E-state index contributed by atoms with van der Waals surface area (Å²) in [5, 5.41) is 10.0. The van der Waals surface area contributed by atoms with Crippen molar-refractivity contribution in [3.05, 3.63) is 12.3 Å². The van der Waals surface area contributed by atoms with Gasteiger partial charge in [0, 0.05) is 56.0 Å². The first kappa shape index (κ1) is 18.8. The first-order chi connectivity index (χ1) is 13.1. The molecule has 0 saturated carbocycles. The van der Waals surface area contributed by atoms with E-state index in [9.17, 15) is 9.90 Å². The number of rotatable bonds is 6. The lowest BCUT2D eigenvalue weighted by Crippen LogP contribution is -2.55. The first-order valence-electron chi connectivity index (χ1n) is 9.27. The van der Waals surface area contributed by atoms with Gasteiger partial charge < -0.3 is 24.4 Å². The van der Waals surface area contributed by atoms with Crippen molar-refractivity contribution in [1.29, 1.82) is 0 Å². The number of fused-ring (bicyclic) bond motifs is 1. The van der Waals surface area contributed by atoms with Gasteiger partial charge in [0.15, 0.2) is 0 Å². The Morgan fingerprint density at radius 1 is 1.48 bits per heavy atom. The molecular weight excluding hydrogens is 368 g/mol. The number of likely N-dealkylation sites (tertiary alicyclic amines) is 1. The molecule has 1 spiro atoms. The van der Waals surface area contributed by atoms with Crippen LogP contribution in [-0.4, -0.2) is 89.5 Å². The summed E-state index contributed by atoms with van der Waals surface area (Å²) in [5.41, 5.74) is -0.461.